The molecule has 2 aliphatic rings. The van der Waals surface area contributed by atoms with Crippen molar-refractivity contribution >= 4 is 52.2 Å². The number of hydrogen-bond donors (Lipinski definition) is 1. The van der Waals surface area contributed by atoms with Gasteiger partial charge < -0.3 is 9.84 Å². The Morgan fingerprint density at radius 2 is 1.52 bits per heavy atom. The predicted octanol–water partition coefficient (Wildman–Crippen LogP) is 6.49. The molecule has 5 rings (SSSR count). The molecule has 3 aromatic carbocycles. The molecule has 2 heterocycles. The summed E-state index contributed by atoms with van der Waals surface area (Å²) in [6, 6.07) is 19.6. The lowest BCUT2D eigenvalue weighted by molar-refractivity contribution is -0.0260. The highest BCUT2D eigenvalue weighted by Gasteiger charge is 2.62. The van der Waals surface area contributed by atoms with Crippen molar-refractivity contribution in [3.63, 3.8) is 0 Å². The van der Waals surface area contributed by atoms with Gasteiger partial charge in [0.2, 0.25) is 0 Å². The summed E-state index contributed by atoms with van der Waals surface area (Å²) in [5, 5.41) is 14.1. The van der Waals surface area contributed by atoms with Gasteiger partial charge in [0.25, 0.3) is 0 Å². The first-order valence-electron chi connectivity index (χ1n) is 10.6. The molecule has 0 bridgehead atoms. The molecule has 1 unspecified atom stereocenters. The van der Waals surface area contributed by atoms with Crippen molar-refractivity contribution in [2.24, 2.45) is 0 Å². The van der Waals surface area contributed by atoms with E-state index in [4.69, 9.17) is 39.5 Å². The molecule has 3 aromatic rings. The van der Waals surface area contributed by atoms with Gasteiger partial charge in [-0.15, -0.1) is 0 Å². The van der Waals surface area contributed by atoms with Crippen LogP contribution in [0.25, 0.3) is 0 Å². The van der Waals surface area contributed by atoms with E-state index in [0.29, 0.717) is 45.0 Å². The van der Waals surface area contributed by atoms with E-state index in [2.05, 4.69) is 0 Å². The van der Waals surface area contributed by atoms with E-state index in [9.17, 15) is 9.90 Å². The predicted molar refractivity (Wildman–Crippen MR) is 131 cm³/mol. The van der Waals surface area contributed by atoms with E-state index < -0.39 is 11.8 Å². The molecule has 3 atom stereocenters. The van der Waals surface area contributed by atoms with E-state index in [1.54, 1.807) is 77.7 Å². The molecule has 2 amide bonds. The molecular weight excluding hydrogens is 483 g/mol. The minimum Gasteiger partial charge on any atom is -0.376 e. The minimum atomic E-state index is -1.76. The summed E-state index contributed by atoms with van der Waals surface area (Å²) in [6.45, 7) is 0.566. The third-order valence-electron chi connectivity index (χ3n) is 6.19. The second-order valence-corrected chi connectivity index (χ2v) is 9.48. The minimum absolute atomic E-state index is 0.383. The zero-order valence-electron chi connectivity index (χ0n) is 17.5. The fourth-order valence-electron chi connectivity index (χ4n) is 4.75. The Bertz CT molecular complexity index is 1170. The van der Waals surface area contributed by atoms with Crippen molar-refractivity contribution < 1.29 is 14.6 Å². The summed E-state index contributed by atoms with van der Waals surface area (Å²) >= 11 is 18.5. The summed E-state index contributed by atoms with van der Waals surface area (Å²) in [5.74, 6) is 0. The number of urea groups is 1. The molecule has 0 saturated carbocycles. The van der Waals surface area contributed by atoms with E-state index in [-0.39, 0.29) is 12.1 Å². The van der Waals surface area contributed by atoms with Crippen LogP contribution in [0, 0.1) is 0 Å². The molecule has 0 spiro atoms. The number of halogens is 3. The molecule has 0 aromatic heterocycles. The van der Waals surface area contributed by atoms with Crippen molar-refractivity contribution in [2.45, 2.75) is 30.7 Å². The number of anilines is 2. The second kappa shape index (κ2) is 8.82. The molecule has 2 aliphatic heterocycles. The van der Waals surface area contributed by atoms with Crippen LogP contribution in [0.2, 0.25) is 15.1 Å². The SMILES string of the molecule is O=C1N(c2ccc(Cl)cc2)[C@@H]([C@@H]2CCCO2)C(O)(c2cccc(Cl)c2)N1c1ccc(Cl)cc1. The largest absolute Gasteiger partial charge is 0.376 e. The third kappa shape index (κ3) is 3.88. The summed E-state index contributed by atoms with van der Waals surface area (Å²) < 4.78 is 6.05. The smallest absolute Gasteiger partial charge is 0.332 e. The molecule has 2 fully saturated rings. The number of benzene rings is 3. The maximum atomic E-state index is 14.1. The van der Waals surface area contributed by atoms with Crippen LogP contribution >= 0.6 is 34.8 Å². The van der Waals surface area contributed by atoms with Crippen LogP contribution in [0.3, 0.4) is 0 Å². The van der Waals surface area contributed by atoms with E-state index in [0.717, 1.165) is 6.42 Å². The molecule has 33 heavy (non-hydrogen) atoms. The van der Waals surface area contributed by atoms with Crippen LogP contribution in [0.15, 0.2) is 72.8 Å². The molecular formula is C25H21Cl3N2O3. The Labute approximate surface area is 207 Å². The molecule has 8 heteroatoms. The number of hydrogen-bond acceptors (Lipinski definition) is 3. The summed E-state index contributed by atoms with van der Waals surface area (Å²) in [7, 11) is 0. The molecule has 2 saturated heterocycles. The van der Waals surface area contributed by atoms with Gasteiger partial charge in [-0.05, 0) is 73.5 Å². The van der Waals surface area contributed by atoms with Crippen LogP contribution in [-0.2, 0) is 10.5 Å². The molecule has 0 aliphatic carbocycles. The van der Waals surface area contributed by atoms with Gasteiger partial charge in [0, 0.05) is 38.6 Å². The maximum Gasteiger partial charge on any atom is 0.332 e. The average Bonchev–Trinajstić information content (AvgIpc) is 3.40. The molecule has 5 nitrogen and oxygen atoms in total. The van der Waals surface area contributed by atoms with Crippen molar-refractivity contribution in [1.82, 2.24) is 0 Å². The fraction of sp³-hybridized carbons (Fsp3) is 0.240. The Hall–Kier alpha value is -2.28. The Balaban J connectivity index is 1.75. The maximum absolute atomic E-state index is 14.1. The van der Waals surface area contributed by atoms with Gasteiger partial charge in [0.1, 0.15) is 6.04 Å². The summed E-state index contributed by atoms with van der Waals surface area (Å²) in [5.41, 5.74) is -0.145. The number of carbonyl (C=O) groups excluding carboxylic acids is 1. The number of nitrogens with zero attached hydrogens (tertiary/aromatic N) is 2. The van der Waals surface area contributed by atoms with Crippen molar-refractivity contribution in [2.75, 3.05) is 16.4 Å². The number of ether oxygens (including phenoxy) is 1. The molecule has 1 N–H and O–H groups in total. The van der Waals surface area contributed by atoms with Gasteiger partial charge in [-0.3, -0.25) is 9.80 Å². The number of carbonyl (C=O) groups is 1. The summed E-state index contributed by atoms with van der Waals surface area (Å²) in [6.07, 6.45) is 1.17. The standard InChI is InChI=1S/C25H21Cl3N2O3/c26-17-6-10-20(11-7-17)29-23(22-5-2-14-33-22)25(32,16-3-1-4-19(28)15-16)30(24(29)31)21-12-8-18(27)9-13-21/h1,3-4,6-13,15,22-23,32H,2,5,14H2/t22-,23-,25?/m0/s1. The average molecular weight is 504 g/mol. The highest BCUT2D eigenvalue weighted by Crippen LogP contribution is 2.48. The Morgan fingerprint density at radius 1 is 0.879 bits per heavy atom. The van der Waals surface area contributed by atoms with Gasteiger partial charge in [-0.1, -0.05) is 46.9 Å². The van der Waals surface area contributed by atoms with Crippen molar-refractivity contribution in [1.29, 1.82) is 0 Å². The Kier molecular flexibility index (Phi) is 6.02. The highest BCUT2D eigenvalue weighted by molar-refractivity contribution is 6.31. The molecule has 170 valence electrons. The Morgan fingerprint density at radius 3 is 2.09 bits per heavy atom. The quantitative estimate of drug-likeness (QED) is 0.443. The highest BCUT2D eigenvalue weighted by atomic mass is 35.5. The van der Waals surface area contributed by atoms with Crippen molar-refractivity contribution in [3.05, 3.63) is 93.4 Å². The molecule has 0 radical (unpaired) electrons. The first kappa shape index (κ1) is 22.5. The van der Waals surface area contributed by atoms with Crippen molar-refractivity contribution in [3.8, 4) is 0 Å². The lowest BCUT2D eigenvalue weighted by atomic mass is 9.88. The van der Waals surface area contributed by atoms with E-state index >= 15 is 0 Å². The van der Waals surface area contributed by atoms with Crippen LogP contribution < -0.4 is 9.80 Å². The number of rotatable bonds is 4. The van der Waals surface area contributed by atoms with Gasteiger partial charge in [0.15, 0.2) is 5.72 Å². The first-order valence-corrected chi connectivity index (χ1v) is 11.8. The van der Waals surface area contributed by atoms with Crippen LogP contribution in [0.4, 0.5) is 16.2 Å². The van der Waals surface area contributed by atoms with Gasteiger partial charge >= 0.3 is 6.03 Å². The van der Waals surface area contributed by atoms with Gasteiger partial charge in [0.05, 0.1) is 6.10 Å². The normalized spacial score (nSPS) is 25.2. The van der Waals surface area contributed by atoms with Crippen LogP contribution in [-0.4, -0.2) is 29.9 Å². The number of amides is 2. The van der Waals surface area contributed by atoms with Crippen LogP contribution in [0.5, 0.6) is 0 Å². The number of aliphatic hydroxyl groups is 1. The third-order valence-corrected chi connectivity index (χ3v) is 6.92. The van der Waals surface area contributed by atoms with E-state index in [1.807, 2.05) is 0 Å². The van der Waals surface area contributed by atoms with Gasteiger partial charge in [-0.2, -0.15) is 0 Å². The van der Waals surface area contributed by atoms with Crippen LogP contribution in [0.1, 0.15) is 18.4 Å². The monoisotopic (exact) mass is 502 g/mol. The summed E-state index contributed by atoms with van der Waals surface area (Å²) in [4.78, 5) is 17.1. The zero-order valence-corrected chi connectivity index (χ0v) is 19.8. The lowest BCUT2D eigenvalue weighted by Gasteiger charge is -2.39. The van der Waals surface area contributed by atoms with E-state index in [1.165, 1.54) is 4.90 Å². The lowest BCUT2D eigenvalue weighted by Crippen LogP contribution is -2.54. The fourth-order valence-corrected chi connectivity index (χ4v) is 5.19. The topological polar surface area (TPSA) is 53.0 Å². The second-order valence-electron chi connectivity index (χ2n) is 8.17. The zero-order chi connectivity index (χ0) is 23.2. The van der Waals surface area contributed by atoms with Gasteiger partial charge in [-0.25, -0.2) is 4.79 Å². The first-order chi connectivity index (χ1) is 15.9.